The summed E-state index contributed by atoms with van der Waals surface area (Å²) in [7, 11) is 1.83. The Morgan fingerprint density at radius 2 is 2.05 bits per heavy atom. The molecule has 0 aliphatic rings. The first-order valence-corrected chi connectivity index (χ1v) is 6.15. The number of anilines is 1. The number of benzene rings is 1. The summed E-state index contributed by atoms with van der Waals surface area (Å²) in [6.45, 7) is -0.432. The van der Waals surface area contributed by atoms with E-state index < -0.39 is 13.0 Å². The van der Waals surface area contributed by atoms with Gasteiger partial charge < -0.3 is 14.6 Å². The number of aromatic nitrogens is 2. The van der Waals surface area contributed by atoms with Crippen molar-refractivity contribution >= 4 is 5.69 Å². The quantitative estimate of drug-likeness (QED) is 0.791. The Bertz CT molecular complexity index is 529. The highest BCUT2D eigenvalue weighted by Crippen LogP contribution is 2.19. The monoisotopic (exact) mass is 283 g/mol. The molecule has 0 saturated carbocycles. The van der Waals surface area contributed by atoms with Crippen LogP contribution in [0.2, 0.25) is 0 Å². The van der Waals surface area contributed by atoms with Crippen LogP contribution in [0.25, 0.3) is 11.5 Å². The molecular weight excluding hydrogens is 268 g/mol. The summed E-state index contributed by atoms with van der Waals surface area (Å²) < 4.78 is 33.6. The van der Waals surface area contributed by atoms with Gasteiger partial charge in [0.15, 0.2) is 5.82 Å². The van der Waals surface area contributed by atoms with Gasteiger partial charge in [-0.25, -0.2) is 8.78 Å². The van der Waals surface area contributed by atoms with Crippen LogP contribution in [0.1, 0.15) is 5.82 Å². The lowest BCUT2D eigenvalue weighted by molar-refractivity contribution is 0.0182. The van der Waals surface area contributed by atoms with Gasteiger partial charge in [0.25, 0.3) is 12.3 Å². The minimum Gasteiger partial charge on any atom is -0.388 e. The molecule has 0 aliphatic carbocycles. The van der Waals surface area contributed by atoms with Crippen molar-refractivity contribution in [2.45, 2.75) is 12.8 Å². The maximum Gasteiger partial charge on any atom is 0.261 e. The summed E-state index contributed by atoms with van der Waals surface area (Å²) >= 11 is 0. The fourth-order valence-corrected chi connectivity index (χ4v) is 1.59. The third kappa shape index (κ3) is 3.99. The van der Waals surface area contributed by atoms with Crippen LogP contribution in [-0.4, -0.2) is 36.8 Å². The average molecular weight is 283 g/mol. The van der Waals surface area contributed by atoms with Crippen molar-refractivity contribution in [3.8, 4) is 11.5 Å². The molecule has 20 heavy (non-hydrogen) atoms. The molecule has 108 valence electrons. The van der Waals surface area contributed by atoms with Crippen LogP contribution in [0.5, 0.6) is 0 Å². The van der Waals surface area contributed by atoms with Crippen molar-refractivity contribution < 1.29 is 18.0 Å². The van der Waals surface area contributed by atoms with Crippen molar-refractivity contribution in [3.05, 3.63) is 30.1 Å². The molecule has 1 aromatic carbocycles. The third-order valence-corrected chi connectivity index (χ3v) is 2.60. The second-order valence-corrected chi connectivity index (χ2v) is 4.06. The van der Waals surface area contributed by atoms with Crippen molar-refractivity contribution in [3.63, 3.8) is 0 Å². The Morgan fingerprint density at radius 3 is 2.70 bits per heavy atom. The third-order valence-electron chi connectivity index (χ3n) is 2.60. The first-order chi connectivity index (χ1) is 9.69. The molecule has 0 unspecified atom stereocenters. The molecule has 5 nitrogen and oxygen atoms in total. The largest absolute Gasteiger partial charge is 0.388 e. The lowest BCUT2D eigenvalue weighted by Crippen LogP contribution is -2.07. The van der Waals surface area contributed by atoms with E-state index in [1.807, 2.05) is 31.3 Å². The molecule has 2 aromatic rings. The number of alkyl halides is 2. The van der Waals surface area contributed by atoms with Gasteiger partial charge in [-0.15, -0.1) is 0 Å². The summed E-state index contributed by atoms with van der Waals surface area (Å²) in [6, 6.07) is 7.50. The molecule has 0 bridgehead atoms. The second kappa shape index (κ2) is 6.95. The summed E-state index contributed by atoms with van der Waals surface area (Å²) in [5.41, 5.74) is 1.78. The van der Waals surface area contributed by atoms with E-state index >= 15 is 0 Å². The molecule has 7 heteroatoms. The Hall–Kier alpha value is -2.02. The number of nitrogens with zero attached hydrogens (tertiary/aromatic N) is 2. The summed E-state index contributed by atoms with van der Waals surface area (Å²) in [5, 5.41) is 6.79. The number of hydrogen-bond acceptors (Lipinski definition) is 5. The van der Waals surface area contributed by atoms with Crippen molar-refractivity contribution in [2.75, 3.05) is 25.6 Å². The average Bonchev–Trinajstić information content (AvgIpc) is 2.92. The molecule has 0 spiro atoms. The molecular formula is C13H15F2N3O2. The van der Waals surface area contributed by atoms with E-state index in [1.54, 1.807) is 0 Å². The number of halogens is 2. The molecule has 0 amide bonds. The molecule has 1 heterocycles. The van der Waals surface area contributed by atoms with Crippen LogP contribution in [-0.2, 0) is 11.2 Å². The van der Waals surface area contributed by atoms with E-state index in [9.17, 15) is 8.78 Å². The van der Waals surface area contributed by atoms with Crippen LogP contribution < -0.4 is 5.32 Å². The van der Waals surface area contributed by atoms with Gasteiger partial charge in [0, 0.05) is 24.7 Å². The van der Waals surface area contributed by atoms with Crippen LogP contribution >= 0.6 is 0 Å². The number of ether oxygens (including phenoxy) is 1. The van der Waals surface area contributed by atoms with Crippen LogP contribution in [0.3, 0.4) is 0 Å². The highest BCUT2D eigenvalue weighted by atomic mass is 19.3. The summed E-state index contributed by atoms with van der Waals surface area (Å²) in [6.07, 6.45) is -2.12. The lowest BCUT2D eigenvalue weighted by Gasteiger charge is -2.00. The standard InChI is InChI=1S/C13H15F2N3O2/c1-16-10-4-2-9(3-5-10)13-17-12(18-20-13)6-7-19-8-11(14)15/h2-5,11,16H,6-8H2,1H3. The fourth-order valence-electron chi connectivity index (χ4n) is 1.59. The minimum atomic E-state index is -2.46. The van der Waals surface area contributed by atoms with E-state index in [4.69, 9.17) is 9.26 Å². The van der Waals surface area contributed by atoms with Gasteiger partial charge in [-0.05, 0) is 24.3 Å². The Labute approximate surface area is 114 Å². The topological polar surface area (TPSA) is 60.2 Å². The molecule has 1 N–H and O–H groups in total. The van der Waals surface area contributed by atoms with Crippen molar-refractivity contribution in [1.29, 1.82) is 0 Å². The van der Waals surface area contributed by atoms with E-state index in [0.717, 1.165) is 11.3 Å². The summed E-state index contributed by atoms with van der Waals surface area (Å²) in [4.78, 5) is 4.19. The SMILES string of the molecule is CNc1ccc(-c2nc(CCOCC(F)F)no2)cc1. The van der Waals surface area contributed by atoms with Gasteiger partial charge in [0.05, 0.1) is 6.61 Å². The molecule has 0 fully saturated rings. The Balaban J connectivity index is 1.90. The zero-order valence-electron chi connectivity index (χ0n) is 11.0. The zero-order valence-corrected chi connectivity index (χ0v) is 11.0. The number of nitrogens with one attached hydrogen (secondary N) is 1. The normalized spacial score (nSPS) is 11.0. The highest BCUT2D eigenvalue weighted by Gasteiger charge is 2.09. The second-order valence-electron chi connectivity index (χ2n) is 4.06. The zero-order chi connectivity index (χ0) is 14.4. The molecule has 0 aliphatic heterocycles. The predicted molar refractivity (Wildman–Crippen MR) is 69.8 cm³/mol. The highest BCUT2D eigenvalue weighted by molar-refractivity contribution is 5.58. The van der Waals surface area contributed by atoms with Crippen LogP contribution in [0.4, 0.5) is 14.5 Å². The summed E-state index contributed by atoms with van der Waals surface area (Å²) in [5.74, 6) is 0.837. The van der Waals surface area contributed by atoms with Gasteiger partial charge in [-0.2, -0.15) is 4.98 Å². The minimum absolute atomic E-state index is 0.141. The predicted octanol–water partition coefficient (Wildman–Crippen LogP) is 2.60. The van der Waals surface area contributed by atoms with Gasteiger partial charge >= 0.3 is 0 Å². The van der Waals surface area contributed by atoms with Crippen LogP contribution in [0, 0.1) is 0 Å². The van der Waals surface area contributed by atoms with Crippen molar-refractivity contribution in [1.82, 2.24) is 10.1 Å². The number of hydrogen-bond donors (Lipinski definition) is 1. The van der Waals surface area contributed by atoms with Crippen molar-refractivity contribution in [2.24, 2.45) is 0 Å². The maximum atomic E-state index is 11.9. The fraction of sp³-hybridized carbons (Fsp3) is 0.385. The smallest absolute Gasteiger partial charge is 0.261 e. The molecule has 0 saturated heterocycles. The molecule has 0 atom stereocenters. The van der Waals surface area contributed by atoms with E-state index in [0.29, 0.717) is 18.1 Å². The van der Waals surface area contributed by atoms with Gasteiger partial charge in [-0.3, -0.25) is 0 Å². The molecule has 0 radical (unpaired) electrons. The maximum absolute atomic E-state index is 11.9. The van der Waals surface area contributed by atoms with Gasteiger partial charge in [-0.1, -0.05) is 5.16 Å². The number of rotatable bonds is 7. The van der Waals surface area contributed by atoms with Crippen LogP contribution in [0.15, 0.2) is 28.8 Å². The first-order valence-electron chi connectivity index (χ1n) is 6.15. The Morgan fingerprint density at radius 1 is 1.30 bits per heavy atom. The molecule has 1 aromatic heterocycles. The van der Waals surface area contributed by atoms with Gasteiger partial charge in [0.1, 0.15) is 6.61 Å². The van der Waals surface area contributed by atoms with Gasteiger partial charge in [0.2, 0.25) is 0 Å². The van der Waals surface area contributed by atoms with E-state index in [2.05, 4.69) is 15.5 Å². The van der Waals surface area contributed by atoms with E-state index in [1.165, 1.54) is 0 Å². The van der Waals surface area contributed by atoms with E-state index in [-0.39, 0.29) is 6.61 Å². The molecule has 2 rings (SSSR count). The first kappa shape index (κ1) is 14.4. The lowest BCUT2D eigenvalue weighted by atomic mass is 10.2. The Kier molecular flexibility index (Phi) is 5.00.